The lowest BCUT2D eigenvalue weighted by molar-refractivity contribution is 0.102. The molecule has 1 N–H and O–H groups in total. The van der Waals surface area contributed by atoms with E-state index in [1.165, 1.54) is 0 Å². The molecule has 0 bridgehead atoms. The van der Waals surface area contributed by atoms with Crippen molar-refractivity contribution in [3.63, 3.8) is 0 Å². The van der Waals surface area contributed by atoms with Gasteiger partial charge < -0.3 is 5.32 Å². The zero-order valence-electron chi connectivity index (χ0n) is 9.38. The molecule has 0 aromatic heterocycles. The van der Waals surface area contributed by atoms with Crippen LogP contribution in [0.5, 0.6) is 0 Å². The summed E-state index contributed by atoms with van der Waals surface area (Å²) in [4.78, 5) is 12.0. The van der Waals surface area contributed by atoms with E-state index in [0.717, 1.165) is 15.7 Å². The van der Waals surface area contributed by atoms with Gasteiger partial charge >= 0.3 is 0 Å². The van der Waals surface area contributed by atoms with Crippen molar-refractivity contribution < 1.29 is 9.18 Å². The third-order valence-corrected chi connectivity index (χ3v) is 3.67. The standard InChI is InChI=1S/C13H7Cl2FINO/c14-10-5-8(16)6-11(15)12(10)18-13(19)7-1-3-9(17)4-2-7/h1-6H,(H,18,19). The summed E-state index contributed by atoms with van der Waals surface area (Å²) in [6.07, 6.45) is 0. The number of halogens is 4. The Labute approximate surface area is 133 Å². The molecule has 0 aliphatic heterocycles. The molecule has 0 fully saturated rings. The van der Waals surface area contributed by atoms with Crippen LogP contribution in [0.1, 0.15) is 10.4 Å². The van der Waals surface area contributed by atoms with E-state index in [9.17, 15) is 9.18 Å². The molecular formula is C13H7Cl2FINO. The van der Waals surface area contributed by atoms with Crippen molar-refractivity contribution >= 4 is 57.4 Å². The predicted octanol–water partition coefficient (Wildman–Crippen LogP) is 4.99. The van der Waals surface area contributed by atoms with Crippen LogP contribution in [0.25, 0.3) is 0 Å². The van der Waals surface area contributed by atoms with E-state index in [4.69, 9.17) is 23.2 Å². The van der Waals surface area contributed by atoms with E-state index in [-0.39, 0.29) is 21.6 Å². The van der Waals surface area contributed by atoms with E-state index in [1.807, 2.05) is 12.1 Å². The summed E-state index contributed by atoms with van der Waals surface area (Å²) in [6.45, 7) is 0. The van der Waals surface area contributed by atoms with E-state index in [0.29, 0.717) is 5.56 Å². The molecule has 0 atom stereocenters. The number of hydrogen-bond acceptors (Lipinski definition) is 1. The molecule has 19 heavy (non-hydrogen) atoms. The normalized spacial score (nSPS) is 10.3. The Bertz CT molecular complexity index is 608. The minimum absolute atomic E-state index is 0.0591. The number of anilines is 1. The minimum Gasteiger partial charge on any atom is -0.319 e. The molecule has 0 heterocycles. The Kier molecular flexibility index (Phi) is 4.65. The van der Waals surface area contributed by atoms with Gasteiger partial charge in [0.2, 0.25) is 0 Å². The third-order valence-electron chi connectivity index (χ3n) is 2.35. The molecule has 98 valence electrons. The van der Waals surface area contributed by atoms with E-state index in [1.54, 1.807) is 12.1 Å². The van der Waals surface area contributed by atoms with Gasteiger partial charge in [0.15, 0.2) is 0 Å². The summed E-state index contributed by atoms with van der Waals surface area (Å²) in [6, 6.07) is 9.17. The first kappa shape index (κ1) is 14.6. The fourth-order valence-electron chi connectivity index (χ4n) is 1.45. The lowest BCUT2D eigenvalue weighted by atomic mass is 10.2. The first-order chi connectivity index (χ1) is 8.97. The summed E-state index contributed by atoms with van der Waals surface area (Å²) >= 11 is 13.8. The number of benzene rings is 2. The molecule has 6 heteroatoms. The maximum absolute atomic E-state index is 13.0. The van der Waals surface area contributed by atoms with Gasteiger partial charge in [-0.3, -0.25) is 4.79 Å². The summed E-state index contributed by atoms with van der Waals surface area (Å²) in [7, 11) is 0. The molecule has 0 spiro atoms. The maximum Gasteiger partial charge on any atom is 0.255 e. The highest BCUT2D eigenvalue weighted by atomic mass is 127. The van der Waals surface area contributed by atoms with Gasteiger partial charge in [0.05, 0.1) is 15.7 Å². The second-order valence-electron chi connectivity index (χ2n) is 3.71. The van der Waals surface area contributed by atoms with Crippen molar-refractivity contribution in [2.24, 2.45) is 0 Å². The van der Waals surface area contributed by atoms with Crippen molar-refractivity contribution in [3.05, 3.63) is 61.4 Å². The highest BCUT2D eigenvalue weighted by molar-refractivity contribution is 14.1. The molecule has 2 aromatic rings. The summed E-state index contributed by atoms with van der Waals surface area (Å²) in [5.74, 6) is -0.908. The third kappa shape index (κ3) is 3.58. The lowest BCUT2D eigenvalue weighted by Gasteiger charge is -2.09. The van der Waals surface area contributed by atoms with Gasteiger partial charge in [-0.1, -0.05) is 23.2 Å². The van der Waals surface area contributed by atoms with Crippen molar-refractivity contribution in [2.45, 2.75) is 0 Å². The first-order valence-electron chi connectivity index (χ1n) is 5.19. The maximum atomic E-state index is 13.0. The Morgan fingerprint density at radius 1 is 1.11 bits per heavy atom. The van der Waals surface area contributed by atoms with Gasteiger partial charge in [-0.2, -0.15) is 0 Å². The Hall–Kier alpha value is -0.850. The smallest absolute Gasteiger partial charge is 0.255 e. The summed E-state index contributed by atoms with van der Waals surface area (Å²) in [5, 5.41) is 2.69. The Morgan fingerprint density at radius 2 is 1.63 bits per heavy atom. The number of nitrogens with one attached hydrogen (secondary N) is 1. The fraction of sp³-hybridized carbons (Fsp3) is 0. The molecular weight excluding hydrogens is 403 g/mol. The second-order valence-corrected chi connectivity index (χ2v) is 5.77. The SMILES string of the molecule is O=C(Nc1c(Cl)cc(F)cc1Cl)c1ccc(I)cc1. The molecule has 0 aliphatic carbocycles. The summed E-state index contributed by atoms with van der Waals surface area (Å²) < 4.78 is 14.1. The highest BCUT2D eigenvalue weighted by Gasteiger charge is 2.13. The van der Waals surface area contributed by atoms with Gasteiger partial charge in [0.25, 0.3) is 5.91 Å². The van der Waals surface area contributed by atoms with Crippen LogP contribution in [-0.2, 0) is 0 Å². The molecule has 2 aromatic carbocycles. The van der Waals surface area contributed by atoms with Crippen molar-refractivity contribution in [2.75, 3.05) is 5.32 Å². The van der Waals surface area contributed by atoms with Crippen LogP contribution < -0.4 is 5.32 Å². The largest absolute Gasteiger partial charge is 0.319 e. The van der Waals surface area contributed by atoms with Crippen LogP contribution >= 0.6 is 45.8 Å². The number of carbonyl (C=O) groups excluding carboxylic acids is 1. The zero-order chi connectivity index (χ0) is 14.0. The molecule has 1 amide bonds. The van der Waals surface area contributed by atoms with Crippen LogP contribution in [0.4, 0.5) is 10.1 Å². The summed E-state index contributed by atoms with van der Waals surface area (Å²) in [5.41, 5.74) is 0.671. The average molecular weight is 410 g/mol. The minimum atomic E-state index is -0.553. The molecule has 0 radical (unpaired) electrons. The quantitative estimate of drug-likeness (QED) is 0.695. The van der Waals surface area contributed by atoms with E-state index in [2.05, 4.69) is 27.9 Å². The molecule has 0 saturated heterocycles. The number of rotatable bonds is 2. The molecule has 0 aliphatic rings. The number of hydrogen-bond donors (Lipinski definition) is 1. The van der Waals surface area contributed by atoms with Crippen LogP contribution in [0, 0.1) is 9.39 Å². The van der Waals surface area contributed by atoms with Gasteiger partial charge in [-0.15, -0.1) is 0 Å². The monoisotopic (exact) mass is 409 g/mol. The zero-order valence-corrected chi connectivity index (χ0v) is 13.1. The molecule has 0 saturated carbocycles. The molecule has 2 nitrogen and oxygen atoms in total. The Balaban J connectivity index is 2.26. The topological polar surface area (TPSA) is 29.1 Å². The van der Waals surface area contributed by atoms with Crippen LogP contribution in [0.3, 0.4) is 0 Å². The predicted molar refractivity (Wildman–Crippen MR) is 83.5 cm³/mol. The molecule has 0 unspecified atom stereocenters. The highest BCUT2D eigenvalue weighted by Crippen LogP contribution is 2.31. The van der Waals surface area contributed by atoms with E-state index >= 15 is 0 Å². The van der Waals surface area contributed by atoms with Gasteiger partial charge in [-0.25, -0.2) is 4.39 Å². The van der Waals surface area contributed by atoms with Crippen LogP contribution in [0.2, 0.25) is 10.0 Å². The number of amides is 1. The second kappa shape index (κ2) is 6.07. The van der Waals surface area contributed by atoms with E-state index < -0.39 is 5.82 Å². The Morgan fingerprint density at radius 3 is 2.16 bits per heavy atom. The van der Waals surface area contributed by atoms with Gasteiger partial charge in [0, 0.05) is 9.13 Å². The number of carbonyl (C=O) groups is 1. The van der Waals surface area contributed by atoms with Crippen LogP contribution in [0.15, 0.2) is 36.4 Å². The van der Waals surface area contributed by atoms with Gasteiger partial charge in [0.1, 0.15) is 5.82 Å². The van der Waals surface area contributed by atoms with Crippen molar-refractivity contribution in [3.8, 4) is 0 Å². The van der Waals surface area contributed by atoms with Crippen molar-refractivity contribution in [1.29, 1.82) is 0 Å². The average Bonchev–Trinajstić information content (AvgIpc) is 2.34. The lowest BCUT2D eigenvalue weighted by Crippen LogP contribution is -2.12. The first-order valence-corrected chi connectivity index (χ1v) is 7.02. The molecule has 2 rings (SSSR count). The van der Waals surface area contributed by atoms with Crippen LogP contribution in [-0.4, -0.2) is 5.91 Å². The fourth-order valence-corrected chi connectivity index (χ4v) is 2.36. The van der Waals surface area contributed by atoms with Gasteiger partial charge in [-0.05, 0) is 59.0 Å². The van der Waals surface area contributed by atoms with Crippen molar-refractivity contribution in [1.82, 2.24) is 0 Å².